The van der Waals surface area contributed by atoms with Gasteiger partial charge in [-0.2, -0.15) is 10.2 Å². The van der Waals surface area contributed by atoms with Gasteiger partial charge in [0.15, 0.2) is 0 Å². The zero-order chi connectivity index (χ0) is 15.9. The van der Waals surface area contributed by atoms with Crippen molar-refractivity contribution in [2.24, 2.45) is 10.2 Å². The largest absolute Gasteiger partial charge is 0.508 e. The summed E-state index contributed by atoms with van der Waals surface area (Å²) in [6, 6.07) is 10.1. The third kappa shape index (κ3) is 3.82. The predicted octanol–water partition coefficient (Wildman–Crippen LogP) is 4.97. The van der Waals surface area contributed by atoms with Crippen molar-refractivity contribution in [3.8, 4) is 11.5 Å². The van der Waals surface area contributed by atoms with Gasteiger partial charge in [-0.3, -0.25) is 0 Å². The number of rotatable bonds is 6. The Morgan fingerprint density at radius 2 is 1.18 bits per heavy atom. The number of aromatic hydroxyl groups is 2. The van der Waals surface area contributed by atoms with E-state index in [-0.39, 0.29) is 11.5 Å². The number of hydrogen-bond donors (Lipinski definition) is 2. The molecule has 0 aliphatic heterocycles. The van der Waals surface area contributed by atoms with Crippen LogP contribution in [0.15, 0.2) is 71.9 Å². The molecule has 2 rings (SSSR count). The van der Waals surface area contributed by atoms with Gasteiger partial charge in [-0.05, 0) is 60.4 Å². The van der Waals surface area contributed by atoms with Crippen LogP contribution in [0.25, 0.3) is 0 Å². The standard InChI is InChI=1S/C18H18N2O2/c1-3-5-13-11-15(7-9-17(13)21)19-20-16-8-10-18(22)14(12-16)6-4-2/h3-4,7-12,21-22H,1-2,5-6H2. The summed E-state index contributed by atoms with van der Waals surface area (Å²) in [6.45, 7) is 7.32. The minimum atomic E-state index is 0.219. The molecule has 0 spiro atoms. The highest BCUT2D eigenvalue weighted by Crippen LogP contribution is 2.28. The molecule has 2 aromatic carbocycles. The minimum Gasteiger partial charge on any atom is -0.508 e. The number of phenols is 2. The maximum atomic E-state index is 9.72. The quantitative estimate of drug-likeness (QED) is 0.583. The summed E-state index contributed by atoms with van der Waals surface area (Å²) in [6.07, 6.45) is 4.57. The van der Waals surface area contributed by atoms with Crippen molar-refractivity contribution < 1.29 is 10.2 Å². The zero-order valence-electron chi connectivity index (χ0n) is 12.2. The lowest BCUT2D eigenvalue weighted by Crippen LogP contribution is -1.82. The zero-order valence-corrected chi connectivity index (χ0v) is 12.2. The molecule has 4 nitrogen and oxygen atoms in total. The number of phenolic OH excluding ortho intramolecular Hbond substituents is 2. The van der Waals surface area contributed by atoms with E-state index in [0.717, 1.165) is 11.1 Å². The van der Waals surface area contributed by atoms with Crippen LogP contribution < -0.4 is 0 Å². The fourth-order valence-corrected chi connectivity index (χ4v) is 2.02. The van der Waals surface area contributed by atoms with Crippen LogP contribution >= 0.6 is 0 Å². The number of allylic oxidation sites excluding steroid dienone is 2. The lowest BCUT2D eigenvalue weighted by atomic mass is 10.1. The van der Waals surface area contributed by atoms with Crippen molar-refractivity contribution in [1.82, 2.24) is 0 Å². The number of azo groups is 1. The third-order valence-electron chi connectivity index (χ3n) is 3.14. The van der Waals surface area contributed by atoms with Gasteiger partial charge in [-0.25, -0.2) is 0 Å². The number of nitrogens with zero attached hydrogens (tertiary/aromatic N) is 2. The Morgan fingerprint density at radius 3 is 1.55 bits per heavy atom. The molecule has 0 atom stereocenters. The SMILES string of the molecule is C=CCc1cc(N=Nc2ccc(O)c(CC=C)c2)ccc1O. The smallest absolute Gasteiger partial charge is 0.119 e. The maximum Gasteiger partial charge on any atom is 0.119 e. The van der Waals surface area contributed by atoms with Gasteiger partial charge in [0.05, 0.1) is 11.4 Å². The van der Waals surface area contributed by atoms with E-state index in [0.29, 0.717) is 24.2 Å². The lowest BCUT2D eigenvalue weighted by molar-refractivity contribution is 0.469. The van der Waals surface area contributed by atoms with E-state index in [2.05, 4.69) is 23.4 Å². The normalized spacial score (nSPS) is 10.7. The Balaban J connectivity index is 2.24. The van der Waals surface area contributed by atoms with Crippen LogP contribution in [0.3, 0.4) is 0 Å². The fourth-order valence-electron chi connectivity index (χ4n) is 2.02. The number of benzene rings is 2. The van der Waals surface area contributed by atoms with Gasteiger partial charge in [0.1, 0.15) is 11.5 Å². The topological polar surface area (TPSA) is 65.2 Å². The monoisotopic (exact) mass is 294 g/mol. The molecule has 0 radical (unpaired) electrons. The molecule has 0 aliphatic rings. The van der Waals surface area contributed by atoms with Crippen LogP contribution in [0.5, 0.6) is 11.5 Å². The first-order valence-corrected chi connectivity index (χ1v) is 6.91. The van der Waals surface area contributed by atoms with Gasteiger partial charge in [-0.15, -0.1) is 13.2 Å². The highest BCUT2D eigenvalue weighted by atomic mass is 16.3. The Bertz CT molecular complexity index is 660. The third-order valence-corrected chi connectivity index (χ3v) is 3.14. The van der Waals surface area contributed by atoms with E-state index in [1.807, 2.05) is 0 Å². The average Bonchev–Trinajstić information content (AvgIpc) is 2.51. The molecule has 112 valence electrons. The first kappa shape index (κ1) is 15.5. The summed E-state index contributed by atoms with van der Waals surface area (Å²) in [7, 11) is 0. The van der Waals surface area contributed by atoms with E-state index in [9.17, 15) is 10.2 Å². The fraction of sp³-hybridized carbons (Fsp3) is 0.111. The summed E-state index contributed by atoms with van der Waals surface area (Å²) in [5.74, 6) is 0.438. The summed E-state index contributed by atoms with van der Waals surface area (Å²) in [4.78, 5) is 0. The minimum absolute atomic E-state index is 0.219. The molecule has 0 aliphatic carbocycles. The molecular weight excluding hydrogens is 276 g/mol. The average molecular weight is 294 g/mol. The van der Waals surface area contributed by atoms with Crippen molar-refractivity contribution in [3.63, 3.8) is 0 Å². The second kappa shape index (κ2) is 7.22. The molecule has 4 heteroatoms. The van der Waals surface area contributed by atoms with E-state index < -0.39 is 0 Å². The molecule has 2 N–H and O–H groups in total. The molecule has 0 unspecified atom stereocenters. The summed E-state index contributed by atoms with van der Waals surface area (Å²) < 4.78 is 0. The molecule has 0 amide bonds. The molecule has 0 saturated carbocycles. The Kier molecular flexibility index (Phi) is 5.09. The highest BCUT2D eigenvalue weighted by molar-refractivity contribution is 5.50. The second-order valence-electron chi connectivity index (χ2n) is 4.81. The molecule has 0 fully saturated rings. The van der Waals surface area contributed by atoms with Crippen molar-refractivity contribution in [3.05, 3.63) is 72.8 Å². The van der Waals surface area contributed by atoms with Crippen LogP contribution in [0.4, 0.5) is 11.4 Å². The van der Waals surface area contributed by atoms with Gasteiger partial charge >= 0.3 is 0 Å². The first-order chi connectivity index (χ1) is 10.6. The summed E-state index contributed by atoms with van der Waals surface area (Å²) in [5.41, 5.74) is 2.80. The highest BCUT2D eigenvalue weighted by Gasteiger charge is 2.02. The van der Waals surface area contributed by atoms with Crippen LogP contribution in [-0.4, -0.2) is 10.2 Å². The van der Waals surface area contributed by atoms with E-state index in [1.54, 1.807) is 48.6 Å². The Labute approximate surface area is 129 Å². The van der Waals surface area contributed by atoms with Crippen molar-refractivity contribution in [2.45, 2.75) is 12.8 Å². The van der Waals surface area contributed by atoms with Gasteiger partial charge in [0.25, 0.3) is 0 Å². The maximum absolute atomic E-state index is 9.72. The van der Waals surface area contributed by atoms with Crippen LogP contribution in [-0.2, 0) is 12.8 Å². The molecule has 0 saturated heterocycles. The van der Waals surface area contributed by atoms with E-state index >= 15 is 0 Å². The summed E-state index contributed by atoms with van der Waals surface area (Å²) >= 11 is 0. The van der Waals surface area contributed by atoms with E-state index in [1.165, 1.54) is 0 Å². The van der Waals surface area contributed by atoms with E-state index in [4.69, 9.17) is 0 Å². The van der Waals surface area contributed by atoms with Gasteiger partial charge < -0.3 is 10.2 Å². The van der Waals surface area contributed by atoms with Gasteiger partial charge in [0.2, 0.25) is 0 Å². The first-order valence-electron chi connectivity index (χ1n) is 6.91. The Morgan fingerprint density at radius 1 is 0.773 bits per heavy atom. The van der Waals surface area contributed by atoms with Crippen LogP contribution in [0.1, 0.15) is 11.1 Å². The van der Waals surface area contributed by atoms with Crippen molar-refractivity contribution >= 4 is 11.4 Å². The van der Waals surface area contributed by atoms with Gasteiger partial charge in [0, 0.05) is 0 Å². The molecule has 22 heavy (non-hydrogen) atoms. The van der Waals surface area contributed by atoms with Crippen molar-refractivity contribution in [1.29, 1.82) is 0 Å². The lowest BCUT2D eigenvalue weighted by Gasteiger charge is -2.03. The molecule has 0 heterocycles. The molecular formula is C18H18N2O2. The van der Waals surface area contributed by atoms with Gasteiger partial charge in [-0.1, -0.05) is 12.2 Å². The second-order valence-corrected chi connectivity index (χ2v) is 4.81. The van der Waals surface area contributed by atoms with Crippen LogP contribution in [0, 0.1) is 0 Å². The van der Waals surface area contributed by atoms with Crippen LogP contribution in [0.2, 0.25) is 0 Å². The molecule has 0 aromatic heterocycles. The molecule has 0 bridgehead atoms. The summed E-state index contributed by atoms with van der Waals surface area (Å²) in [5, 5.41) is 27.8. The Hall–Kier alpha value is -2.88. The van der Waals surface area contributed by atoms with Crippen molar-refractivity contribution in [2.75, 3.05) is 0 Å². The molecule has 2 aromatic rings. The number of hydrogen-bond acceptors (Lipinski definition) is 4. The predicted molar refractivity (Wildman–Crippen MR) is 88.2 cm³/mol.